The molecule has 0 aliphatic rings. The lowest BCUT2D eigenvalue weighted by molar-refractivity contribution is 0.0938. The van der Waals surface area contributed by atoms with E-state index in [1.54, 1.807) is 13.8 Å². The van der Waals surface area contributed by atoms with Crippen LogP contribution in [0.1, 0.15) is 24.2 Å². The molecule has 3 N–H and O–H groups in total. The molecule has 1 amide bonds. The molecule has 0 spiro atoms. The summed E-state index contributed by atoms with van der Waals surface area (Å²) in [5.74, 6) is -0.938. The van der Waals surface area contributed by atoms with Gasteiger partial charge in [0.05, 0.1) is 7.11 Å². The molecule has 0 saturated heterocycles. The van der Waals surface area contributed by atoms with Crippen molar-refractivity contribution in [3.05, 3.63) is 29.6 Å². The normalized spacial score (nSPS) is 11.1. The Morgan fingerprint density at radius 1 is 1.53 bits per heavy atom. The van der Waals surface area contributed by atoms with Crippen LogP contribution in [0.5, 0.6) is 5.75 Å². The molecule has 0 aliphatic carbocycles. The van der Waals surface area contributed by atoms with E-state index >= 15 is 0 Å². The number of nitrogens with two attached hydrogens (primary N) is 1. The van der Waals surface area contributed by atoms with Gasteiger partial charge in [0.1, 0.15) is 17.1 Å². The maximum atomic E-state index is 13.5. The maximum Gasteiger partial charge on any atom is 0.258 e. The molecule has 0 atom stereocenters. The van der Waals surface area contributed by atoms with Gasteiger partial charge in [-0.25, -0.2) is 4.39 Å². The monoisotopic (exact) mass is 240 g/mol. The third-order valence-corrected chi connectivity index (χ3v) is 2.13. The second-order valence-corrected chi connectivity index (χ2v) is 4.49. The Morgan fingerprint density at radius 2 is 2.18 bits per heavy atom. The summed E-state index contributed by atoms with van der Waals surface area (Å²) >= 11 is 0. The van der Waals surface area contributed by atoms with Gasteiger partial charge >= 0.3 is 0 Å². The number of carbonyl (C=O) groups is 1. The molecule has 0 fully saturated rings. The second kappa shape index (κ2) is 5.14. The van der Waals surface area contributed by atoms with Crippen molar-refractivity contribution in [2.24, 2.45) is 5.73 Å². The van der Waals surface area contributed by atoms with Gasteiger partial charge in [-0.05, 0) is 26.0 Å². The molecule has 4 nitrogen and oxygen atoms in total. The van der Waals surface area contributed by atoms with Gasteiger partial charge in [-0.3, -0.25) is 4.79 Å². The van der Waals surface area contributed by atoms with E-state index in [-0.39, 0.29) is 17.9 Å². The maximum absolute atomic E-state index is 13.5. The molecule has 1 aromatic carbocycles. The molecule has 0 heterocycles. The molecule has 0 saturated carbocycles. The van der Waals surface area contributed by atoms with Crippen molar-refractivity contribution in [3.8, 4) is 5.75 Å². The number of benzene rings is 1. The van der Waals surface area contributed by atoms with Crippen molar-refractivity contribution in [3.63, 3.8) is 0 Å². The molecule has 0 bridgehead atoms. The minimum atomic E-state index is -0.614. The average Bonchev–Trinajstić information content (AvgIpc) is 2.24. The van der Waals surface area contributed by atoms with Crippen LogP contribution in [-0.4, -0.2) is 25.1 Å². The Bertz CT molecular complexity index is 413. The number of rotatable bonds is 4. The molecule has 0 unspecified atom stereocenters. The Labute approximate surface area is 100.0 Å². The van der Waals surface area contributed by atoms with Gasteiger partial charge in [0.2, 0.25) is 0 Å². The van der Waals surface area contributed by atoms with Crippen LogP contribution in [0.2, 0.25) is 0 Å². The van der Waals surface area contributed by atoms with Crippen LogP contribution in [0.4, 0.5) is 4.39 Å². The number of nitrogens with one attached hydrogen (secondary N) is 1. The predicted octanol–water partition coefficient (Wildman–Crippen LogP) is 1.30. The van der Waals surface area contributed by atoms with Gasteiger partial charge in [0.25, 0.3) is 5.91 Å². The van der Waals surface area contributed by atoms with E-state index in [0.717, 1.165) is 0 Å². The van der Waals surface area contributed by atoms with E-state index in [1.807, 2.05) is 0 Å². The Kier molecular flexibility index (Phi) is 4.07. The van der Waals surface area contributed by atoms with Crippen LogP contribution in [-0.2, 0) is 0 Å². The summed E-state index contributed by atoms with van der Waals surface area (Å²) in [5.41, 5.74) is 5.09. The van der Waals surface area contributed by atoms with Gasteiger partial charge in [0.15, 0.2) is 0 Å². The zero-order valence-corrected chi connectivity index (χ0v) is 10.2. The van der Waals surface area contributed by atoms with Crippen molar-refractivity contribution >= 4 is 5.91 Å². The zero-order chi connectivity index (χ0) is 13.1. The minimum Gasteiger partial charge on any atom is -0.496 e. The highest BCUT2D eigenvalue weighted by molar-refractivity contribution is 5.97. The average molecular weight is 240 g/mol. The highest BCUT2D eigenvalue weighted by Gasteiger charge is 2.19. The number of hydrogen-bond donors (Lipinski definition) is 2. The second-order valence-electron chi connectivity index (χ2n) is 4.49. The van der Waals surface area contributed by atoms with Crippen LogP contribution in [0.3, 0.4) is 0 Å². The molecule has 0 radical (unpaired) electrons. The lowest BCUT2D eigenvalue weighted by atomic mass is 10.1. The van der Waals surface area contributed by atoms with Crippen LogP contribution in [0, 0.1) is 5.82 Å². The van der Waals surface area contributed by atoms with E-state index < -0.39 is 17.3 Å². The van der Waals surface area contributed by atoms with Crippen LogP contribution >= 0.6 is 0 Å². The fourth-order valence-corrected chi connectivity index (χ4v) is 1.29. The topological polar surface area (TPSA) is 64.3 Å². The predicted molar refractivity (Wildman–Crippen MR) is 63.6 cm³/mol. The van der Waals surface area contributed by atoms with Gasteiger partial charge in [-0.1, -0.05) is 6.07 Å². The minimum absolute atomic E-state index is 0.0979. The summed E-state index contributed by atoms with van der Waals surface area (Å²) in [4.78, 5) is 11.8. The third-order valence-electron chi connectivity index (χ3n) is 2.13. The number of carbonyl (C=O) groups excluding carboxylic acids is 1. The summed E-state index contributed by atoms with van der Waals surface area (Å²) in [6, 6.07) is 4.23. The SMILES string of the molecule is COc1cccc(F)c1C(=O)NCC(C)(C)N. The summed E-state index contributed by atoms with van der Waals surface area (Å²) in [6.07, 6.45) is 0. The molecular formula is C12H17FN2O2. The molecule has 17 heavy (non-hydrogen) atoms. The highest BCUT2D eigenvalue weighted by Crippen LogP contribution is 2.20. The van der Waals surface area contributed by atoms with Crippen molar-refractivity contribution in [1.29, 1.82) is 0 Å². The van der Waals surface area contributed by atoms with E-state index in [0.29, 0.717) is 0 Å². The van der Waals surface area contributed by atoms with E-state index in [1.165, 1.54) is 25.3 Å². The number of halogens is 1. The molecule has 1 rings (SSSR count). The first-order valence-electron chi connectivity index (χ1n) is 5.25. The van der Waals surface area contributed by atoms with E-state index in [4.69, 9.17) is 10.5 Å². The van der Waals surface area contributed by atoms with Gasteiger partial charge < -0.3 is 15.8 Å². The number of hydrogen-bond acceptors (Lipinski definition) is 3. The molecule has 5 heteroatoms. The molecular weight excluding hydrogens is 223 g/mol. The number of amides is 1. The molecule has 0 aliphatic heterocycles. The molecule has 0 aromatic heterocycles. The van der Waals surface area contributed by atoms with Crippen molar-refractivity contribution in [2.75, 3.05) is 13.7 Å². The van der Waals surface area contributed by atoms with Crippen molar-refractivity contribution in [1.82, 2.24) is 5.32 Å². The summed E-state index contributed by atoms with van der Waals surface area (Å²) in [5, 5.41) is 2.57. The van der Waals surface area contributed by atoms with Crippen LogP contribution in [0.15, 0.2) is 18.2 Å². The van der Waals surface area contributed by atoms with Crippen LogP contribution < -0.4 is 15.8 Å². The first kappa shape index (κ1) is 13.4. The van der Waals surface area contributed by atoms with E-state index in [9.17, 15) is 9.18 Å². The fraction of sp³-hybridized carbons (Fsp3) is 0.417. The fourth-order valence-electron chi connectivity index (χ4n) is 1.29. The van der Waals surface area contributed by atoms with Gasteiger partial charge in [0, 0.05) is 12.1 Å². The lowest BCUT2D eigenvalue weighted by Crippen LogP contribution is -2.45. The zero-order valence-electron chi connectivity index (χ0n) is 10.2. The van der Waals surface area contributed by atoms with Gasteiger partial charge in [-0.2, -0.15) is 0 Å². The Balaban J connectivity index is 2.89. The van der Waals surface area contributed by atoms with Crippen molar-refractivity contribution in [2.45, 2.75) is 19.4 Å². The first-order chi connectivity index (χ1) is 7.85. The summed E-state index contributed by atoms with van der Waals surface area (Å²) < 4.78 is 18.5. The van der Waals surface area contributed by atoms with Crippen LogP contribution in [0.25, 0.3) is 0 Å². The lowest BCUT2D eigenvalue weighted by Gasteiger charge is -2.19. The summed E-state index contributed by atoms with van der Waals surface area (Å²) in [7, 11) is 1.39. The molecule has 94 valence electrons. The van der Waals surface area contributed by atoms with Crippen molar-refractivity contribution < 1.29 is 13.9 Å². The quantitative estimate of drug-likeness (QED) is 0.833. The third kappa shape index (κ3) is 3.71. The summed E-state index contributed by atoms with van der Waals surface area (Å²) in [6.45, 7) is 3.79. The smallest absolute Gasteiger partial charge is 0.258 e. The largest absolute Gasteiger partial charge is 0.496 e. The Morgan fingerprint density at radius 3 is 2.71 bits per heavy atom. The van der Waals surface area contributed by atoms with E-state index in [2.05, 4.69) is 5.32 Å². The Hall–Kier alpha value is -1.62. The standard InChI is InChI=1S/C12H17FN2O2/c1-12(2,14)7-15-11(16)10-8(13)5-4-6-9(10)17-3/h4-6H,7,14H2,1-3H3,(H,15,16). The highest BCUT2D eigenvalue weighted by atomic mass is 19.1. The molecule has 1 aromatic rings. The van der Waals surface area contributed by atoms with Gasteiger partial charge in [-0.15, -0.1) is 0 Å². The number of ether oxygens (including phenoxy) is 1. The number of methoxy groups -OCH3 is 1. The first-order valence-corrected chi connectivity index (χ1v) is 5.25.